The Hall–Kier alpha value is -2.15. The minimum Gasteiger partial charge on any atom is -0.447 e. The molecule has 0 aliphatic heterocycles. The molecular weight excluding hydrogens is 252 g/mol. The van der Waals surface area contributed by atoms with Gasteiger partial charge >= 0.3 is 6.09 Å². The van der Waals surface area contributed by atoms with Crippen molar-refractivity contribution in [2.45, 2.75) is 18.9 Å². The Morgan fingerprint density at radius 3 is 2.89 bits per heavy atom. The van der Waals surface area contributed by atoms with Gasteiger partial charge in [-0.1, -0.05) is 6.07 Å². The number of benzene rings is 1. The highest BCUT2D eigenvalue weighted by atomic mass is 16.6. The van der Waals surface area contributed by atoms with Crippen molar-refractivity contribution in [2.24, 2.45) is 0 Å². The molecule has 2 rings (SSSR count). The Morgan fingerprint density at radius 2 is 2.21 bits per heavy atom. The molecule has 1 unspecified atom stereocenters. The third-order valence-corrected chi connectivity index (χ3v) is 2.98. The molecule has 0 fully saturated rings. The fourth-order valence-corrected chi connectivity index (χ4v) is 2.17. The molecule has 1 aliphatic rings. The summed E-state index contributed by atoms with van der Waals surface area (Å²) in [4.78, 5) is 21.6. The number of nitrogens with one attached hydrogen (secondary N) is 1. The van der Waals surface area contributed by atoms with Gasteiger partial charge in [-0.05, 0) is 24.0 Å². The van der Waals surface area contributed by atoms with Crippen LogP contribution in [0.1, 0.15) is 11.1 Å². The number of nitro benzene ring substituents is 1. The number of aliphatic hydroxyl groups excluding tert-OH is 1. The van der Waals surface area contributed by atoms with Crippen LogP contribution in [0.2, 0.25) is 0 Å². The van der Waals surface area contributed by atoms with Gasteiger partial charge in [-0.3, -0.25) is 10.1 Å². The number of non-ortho nitro benzene ring substituents is 1. The number of ether oxygens (including phenoxy) is 1. The number of carbonyl (C=O) groups is 1. The molecule has 0 saturated carbocycles. The molecule has 0 aromatic heterocycles. The van der Waals surface area contributed by atoms with E-state index in [9.17, 15) is 14.9 Å². The number of rotatable bonds is 4. The Kier molecular flexibility index (Phi) is 3.96. The first-order chi connectivity index (χ1) is 9.10. The first-order valence-corrected chi connectivity index (χ1v) is 5.90. The molecule has 102 valence electrons. The summed E-state index contributed by atoms with van der Waals surface area (Å²) in [6.45, 7) is -0.262. The first-order valence-electron chi connectivity index (χ1n) is 5.90. The smallest absolute Gasteiger partial charge is 0.407 e. The van der Waals surface area contributed by atoms with E-state index in [0.29, 0.717) is 12.8 Å². The average Bonchev–Trinajstić information content (AvgIpc) is 2.77. The first kappa shape index (κ1) is 13.3. The van der Waals surface area contributed by atoms with Crippen LogP contribution in [0.25, 0.3) is 0 Å². The lowest BCUT2D eigenvalue weighted by atomic mass is 10.1. The minimum absolute atomic E-state index is 0.0447. The van der Waals surface area contributed by atoms with Gasteiger partial charge in [0.15, 0.2) is 0 Å². The van der Waals surface area contributed by atoms with Crippen LogP contribution in [0.3, 0.4) is 0 Å². The van der Waals surface area contributed by atoms with Crippen LogP contribution in [-0.2, 0) is 17.6 Å². The maximum Gasteiger partial charge on any atom is 0.407 e. The molecule has 1 amide bonds. The fourth-order valence-electron chi connectivity index (χ4n) is 2.17. The van der Waals surface area contributed by atoms with Gasteiger partial charge < -0.3 is 15.2 Å². The van der Waals surface area contributed by atoms with E-state index in [1.54, 1.807) is 6.07 Å². The molecule has 0 radical (unpaired) electrons. The van der Waals surface area contributed by atoms with E-state index in [-0.39, 0.29) is 24.9 Å². The van der Waals surface area contributed by atoms with Crippen molar-refractivity contribution in [2.75, 3.05) is 13.2 Å². The zero-order valence-corrected chi connectivity index (χ0v) is 10.2. The summed E-state index contributed by atoms with van der Waals surface area (Å²) in [6, 6.07) is 4.60. The van der Waals surface area contributed by atoms with E-state index in [1.807, 2.05) is 0 Å². The summed E-state index contributed by atoms with van der Waals surface area (Å²) in [7, 11) is 0. The molecule has 0 heterocycles. The van der Waals surface area contributed by atoms with Crippen molar-refractivity contribution in [3.63, 3.8) is 0 Å². The third-order valence-electron chi connectivity index (χ3n) is 2.98. The van der Waals surface area contributed by atoms with Gasteiger partial charge in [0.2, 0.25) is 0 Å². The lowest BCUT2D eigenvalue weighted by Crippen LogP contribution is -2.36. The standard InChI is InChI=1S/C12H14N2O5/c15-3-4-19-12(16)13-10-5-8-1-2-11(14(17)18)7-9(8)6-10/h1-2,7,10,15H,3-6H2,(H,13,16). The maximum atomic E-state index is 11.3. The van der Waals surface area contributed by atoms with Gasteiger partial charge in [0, 0.05) is 18.2 Å². The van der Waals surface area contributed by atoms with Gasteiger partial charge in [-0.25, -0.2) is 4.79 Å². The molecule has 19 heavy (non-hydrogen) atoms. The number of fused-ring (bicyclic) bond motifs is 1. The van der Waals surface area contributed by atoms with Crippen molar-refractivity contribution in [3.8, 4) is 0 Å². The SMILES string of the molecule is O=C(NC1Cc2ccc([N+](=O)[O-])cc2C1)OCCO. The summed E-state index contributed by atoms with van der Waals surface area (Å²) in [5, 5.41) is 21.9. The number of hydrogen-bond acceptors (Lipinski definition) is 5. The molecule has 1 atom stereocenters. The van der Waals surface area contributed by atoms with Crippen molar-refractivity contribution in [1.82, 2.24) is 5.32 Å². The lowest BCUT2D eigenvalue weighted by Gasteiger charge is -2.11. The quantitative estimate of drug-likeness (QED) is 0.619. The van der Waals surface area contributed by atoms with Crippen LogP contribution in [0.15, 0.2) is 18.2 Å². The Morgan fingerprint density at radius 1 is 1.47 bits per heavy atom. The zero-order valence-electron chi connectivity index (χ0n) is 10.2. The van der Waals surface area contributed by atoms with Gasteiger partial charge in [-0.2, -0.15) is 0 Å². The Bertz CT molecular complexity index is 503. The highest BCUT2D eigenvalue weighted by molar-refractivity contribution is 5.68. The third kappa shape index (κ3) is 3.19. The van der Waals surface area contributed by atoms with E-state index in [4.69, 9.17) is 9.84 Å². The molecule has 2 N–H and O–H groups in total. The normalized spacial score (nSPS) is 16.8. The number of nitrogens with zero attached hydrogens (tertiary/aromatic N) is 1. The minimum atomic E-state index is -0.582. The summed E-state index contributed by atoms with van der Waals surface area (Å²) in [5.41, 5.74) is 1.93. The number of amides is 1. The molecule has 0 spiro atoms. The predicted octanol–water partition coefficient (Wildman–Crippen LogP) is 0.780. The largest absolute Gasteiger partial charge is 0.447 e. The summed E-state index contributed by atoms with van der Waals surface area (Å²) in [5.74, 6) is 0. The Balaban J connectivity index is 1.96. The number of aliphatic hydroxyl groups is 1. The van der Waals surface area contributed by atoms with Gasteiger partial charge in [0.1, 0.15) is 6.61 Å². The van der Waals surface area contributed by atoms with E-state index < -0.39 is 11.0 Å². The van der Waals surface area contributed by atoms with Crippen molar-refractivity contribution in [1.29, 1.82) is 0 Å². The van der Waals surface area contributed by atoms with Gasteiger partial charge in [0.05, 0.1) is 11.5 Å². The molecule has 1 aliphatic carbocycles. The lowest BCUT2D eigenvalue weighted by molar-refractivity contribution is -0.384. The second kappa shape index (κ2) is 5.66. The van der Waals surface area contributed by atoms with E-state index >= 15 is 0 Å². The zero-order chi connectivity index (χ0) is 13.8. The highest BCUT2D eigenvalue weighted by Crippen LogP contribution is 2.26. The molecule has 0 bridgehead atoms. The number of hydrogen-bond donors (Lipinski definition) is 2. The predicted molar refractivity (Wildman–Crippen MR) is 65.9 cm³/mol. The number of nitro groups is 1. The molecular formula is C12H14N2O5. The van der Waals surface area contributed by atoms with E-state index in [0.717, 1.165) is 11.1 Å². The second-order valence-electron chi connectivity index (χ2n) is 4.32. The second-order valence-corrected chi connectivity index (χ2v) is 4.32. The molecule has 7 heteroatoms. The van der Waals surface area contributed by atoms with Crippen LogP contribution in [0.5, 0.6) is 0 Å². The van der Waals surface area contributed by atoms with Crippen LogP contribution in [-0.4, -0.2) is 35.4 Å². The molecule has 0 saturated heterocycles. The highest BCUT2D eigenvalue weighted by Gasteiger charge is 2.25. The fraction of sp³-hybridized carbons (Fsp3) is 0.417. The molecule has 1 aromatic carbocycles. The maximum absolute atomic E-state index is 11.3. The number of alkyl carbamates (subject to hydrolysis) is 1. The monoisotopic (exact) mass is 266 g/mol. The van der Waals surface area contributed by atoms with Crippen molar-refractivity contribution in [3.05, 3.63) is 39.4 Å². The van der Waals surface area contributed by atoms with Crippen LogP contribution < -0.4 is 5.32 Å². The van der Waals surface area contributed by atoms with Crippen LogP contribution in [0, 0.1) is 10.1 Å². The van der Waals surface area contributed by atoms with E-state index in [1.165, 1.54) is 12.1 Å². The number of carbonyl (C=O) groups excluding carboxylic acids is 1. The topological polar surface area (TPSA) is 102 Å². The van der Waals surface area contributed by atoms with Crippen molar-refractivity contribution >= 4 is 11.8 Å². The van der Waals surface area contributed by atoms with Crippen LogP contribution in [0.4, 0.5) is 10.5 Å². The average molecular weight is 266 g/mol. The summed E-state index contributed by atoms with van der Waals surface area (Å²) in [6.07, 6.45) is 0.591. The summed E-state index contributed by atoms with van der Waals surface area (Å²) >= 11 is 0. The van der Waals surface area contributed by atoms with Gasteiger partial charge in [0.25, 0.3) is 5.69 Å². The van der Waals surface area contributed by atoms with E-state index in [2.05, 4.69) is 5.32 Å². The molecule has 1 aromatic rings. The summed E-state index contributed by atoms with van der Waals surface area (Å²) < 4.78 is 4.71. The van der Waals surface area contributed by atoms with Crippen LogP contribution >= 0.6 is 0 Å². The Labute approximate surface area is 109 Å². The van der Waals surface area contributed by atoms with Gasteiger partial charge in [-0.15, -0.1) is 0 Å². The van der Waals surface area contributed by atoms with Crippen molar-refractivity contribution < 1.29 is 19.6 Å². The molecule has 7 nitrogen and oxygen atoms in total.